The van der Waals surface area contributed by atoms with E-state index in [0.717, 1.165) is 0 Å². The average molecular weight is 252 g/mol. The molecule has 0 aromatic heterocycles. The van der Waals surface area contributed by atoms with Crippen molar-refractivity contribution < 1.29 is 14.5 Å². The summed E-state index contributed by atoms with van der Waals surface area (Å²) in [5.74, 6) is 0. The Morgan fingerprint density at radius 2 is 1.94 bits per heavy atom. The Morgan fingerprint density at radius 3 is 2.39 bits per heavy atom. The number of anilines is 1. The maximum atomic E-state index is 11.5. The second-order valence-corrected chi connectivity index (χ2v) is 4.43. The van der Waals surface area contributed by atoms with Crippen LogP contribution in [0.25, 0.3) is 0 Å². The molecule has 0 unspecified atom stereocenters. The van der Waals surface area contributed by atoms with Gasteiger partial charge < -0.3 is 4.74 Å². The number of carbonyl (C=O) groups is 1. The van der Waals surface area contributed by atoms with Crippen LogP contribution in [0, 0.1) is 10.1 Å². The van der Waals surface area contributed by atoms with E-state index in [1.165, 1.54) is 24.3 Å². The first kappa shape index (κ1) is 14.0. The molecule has 0 fully saturated rings. The van der Waals surface area contributed by atoms with Gasteiger partial charge in [0.05, 0.1) is 4.92 Å². The number of non-ortho nitro benzene ring substituents is 1. The third kappa shape index (κ3) is 4.04. The fraction of sp³-hybridized carbons (Fsp3) is 0.417. The van der Waals surface area contributed by atoms with Gasteiger partial charge in [0.25, 0.3) is 5.69 Å². The molecule has 0 saturated heterocycles. The maximum absolute atomic E-state index is 11.5. The summed E-state index contributed by atoms with van der Waals surface area (Å²) < 4.78 is 5.18. The van der Waals surface area contributed by atoms with Gasteiger partial charge in [-0.25, -0.2) is 4.79 Å². The zero-order chi connectivity index (χ0) is 13.8. The lowest BCUT2D eigenvalue weighted by Gasteiger charge is -2.23. The smallest absolute Gasteiger partial charge is 0.412 e. The van der Waals surface area contributed by atoms with Gasteiger partial charge in [0.2, 0.25) is 0 Å². The maximum Gasteiger partial charge on any atom is 0.412 e. The summed E-state index contributed by atoms with van der Waals surface area (Å²) in [7, 11) is 0. The van der Waals surface area contributed by atoms with Gasteiger partial charge in [0.1, 0.15) is 5.60 Å². The van der Waals surface area contributed by atoms with Crippen LogP contribution in [0.2, 0.25) is 0 Å². The summed E-state index contributed by atoms with van der Waals surface area (Å²) in [4.78, 5) is 21.5. The number of nitro groups is 1. The molecule has 0 radical (unpaired) electrons. The molecule has 6 heteroatoms. The second kappa shape index (κ2) is 5.48. The molecular weight excluding hydrogens is 236 g/mol. The fourth-order valence-electron chi connectivity index (χ4n) is 1.13. The van der Waals surface area contributed by atoms with Crippen LogP contribution in [0.4, 0.5) is 16.2 Å². The standard InChI is InChI=1S/C12H16N2O4/c1-4-12(2,3)18-11(15)13-9-5-7-10(8-6-9)14(16)17/h5-8H,4H2,1-3H3,(H,13,15). The molecular formula is C12H16N2O4. The Morgan fingerprint density at radius 1 is 1.39 bits per heavy atom. The van der Waals surface area contributed by atoms with Crippen molar-refractivity contribution in [1.82, 2.24) is 0 Å². The van der Waals surface area contributed by atoms with Crippen molar-refractivity contribution in [3.63, 3.8) is 0 Å². The van der Waals surface area contributed by atoms with E-state index < -0.39 is 16.6 Å². The summed E-state index contributed by atoms with van der Waals surface area (Å²) in [6.45, 7) is 5.53. The summed E-state index contributed by atoms with van der Waals surface area (Å²) in [6, 6.07) is 5.55. The van der Waals surface area contributed by atoms with E-state index in [1.807, 2.05) is 20.8 Å². The van der Waals surface area contributed by atoms with Gasteiger partial charge in [-0.05, 0) is 32.4 Å². The Kier molecular flexibility index (Phi) is 4.25. The van der Waals surface area contributed by atoms with E-state index in [4.69, 9.17) is 4.74 Å². The van der Waals surface area contributed by atoms with Crippen LogP contribution in [0.3, 0.4) is 0 Å². The summed E-state index contributed by atoms with van der Waals surface area (Å²) >= 11 is 0. The number of nitrogens with zero attached hydrogens (tertiary/aromatic N) is 1. The number of carbonyl (C=O) groups excluding carboxylic acids is 1. The molecule has 0 atom stereocenters. The highest BCUT2D eigenvalue weighted by Crippen LogP contribution is 2.18. The quantitative estimate of drug-likeness (QED) is 0.658. The van der Waals surface area contributed by atoms with E-state index in [9.17, 15) is 14.9 Å². The van der Waals surface area contributed by atoms with Gasteiger partial charge in [-0.15, -0.1) is 0 Å². The highest BCUT2D eigenvalue weighted by Gasteiger charge is 2.20. The number of amides is 1. The highest BCUT2D eigenvalue weighted by atomic mass is 16.6. The van der Waals surface area contributed by atoms with Crippen molar-refractivity contribution in [2.24, 2.45) is 0 Å². The van der Waals surface area contributed by atoms with Crippen LogP contribution in [0.15, 0.2) is 24.3 Å². The minimum absolute atomic E-state index is 0.0252. The minimum Gasteiger partial charge on any atom is -0.443 e. The Bertz CT molecular complexity index is 440. The van der Waals surface area contributed by atoms with Crippen LogP contribution < -0.4 is 5.32 Å². The molecule has 0 aliphatic rings. The topological polar surface area (TPSA) is 81.5 Å². The van der Waals surface area contributed by atoms with Crippen molar-refractivity contribution >= 4 is 17.5 Å². The van der Waals surface area contributed by atoms with Crippen molar-refractivity contribution in [3.8, 4) is 0 Å². The van der Waals surface area contributed by atoms with Crippen LogP contribution in [-0.2, 0) is 4.74 Å². The van der Waals surface area contributed by atoms with E-state index in [2.05, 4.69) is 5.32 Å². The molecule has 98 valence electrons. The molecule has 0 bridgehead atoms. The monoisotopic (exact) mass is 252 g/mol. The molecule has 0 aliphatic heterocycles. The first-order valence-corrected chi connectivity index (χ1v) is 5.58. The molecule has 0 aliphatic carbocycles. The molecule has 1 amide bonds. The fourth-order valence-corrected chi connectivity index (χ4v) is 1.13. The van der Waals surface area contributed by atoms with Crippen molar-refractivity contribution in [1.29, 1.82) is 0 Å². The third-order valence-corrected chi connectivity index (χ3v) is 2.54. The van der Waals surface area contributed by atoms with Gasteiger partial charge in [-0.3, -0.25) is 15.4 Å². The number of nitrogens with one attached hydrogen (secondary N) is 1. The normalized spacial score (nSPS) is 10.8. The van der Waals surface area contributed by atoms with Crippen LogP contribution in [0.1, 0.15) is 27.2 Å². The first-order valence-electron chi connectivity index (χ1n) is 5.58. The van der Waals surface area contributed by atoms with Crippen LogP contribution in [0.5, 0.6) is 0 Å². The van der Waals surface area contributed by atoms with Gasteiger partial charge in [0, 0.05) is 17.8 Å². The average Bonchev–Trinajstić information content (AvgIpc) is 2.29. The first-order chi connectivity index (χ1) is 8.34. The predicted molar refractivity (Wildman–Crippen MR) is 67.6 cm³/mol. The van der Waals surface area contributed by atoms with E-state index in [1.54, 1.807) is 0 Å². The number of hydrogen-bond acceptors (Lipinski definition) is 4. The Hall–Kier alpha value is -2.11. The lowest BCUT2D eigenvalue weighted by atomic mass is 10.1. The van der Waals surface area contributed by atoms with E-state index in [-0.39, 0.29) is 5.69 Å². The van der Waals surface area contributed by atoms with Gasteiger partial charge in [-0.1, -0.05) is 6.92 Å². The van der Waals surface area contributed by atoms with Gasteiger partial charge >= 0.3 is 6.09 Å². The molecule has 1 aromatic carbocycles. The van der Waals surface area contributed by atoms with Crippen LogP contribution in [-0.4, -0.2) is 16.6 Å². The van der Waals surface area contributed by atoms with Gasteiger partial charge in [0.15, 0.2) is 0 Å². The number of rotatable bonds is 4. The highest BCUT2D eigenvalue weighted by molar-refractivity contribution is 5.85. The van der Waals surface area contributed by atoms with Crippen molar-refractivity contribution in [2.75, 3.05) is 5.32 Å². The van der Waals surface area contributed by atoms with Crippen molar-refractivity contribution in [3.05, 3.63) is 34.4 Å². The zero-order valence-corrected chi connectivity index (χ0v) is 10.6. The lowest BCUT2D eigenvalue weighted by molar-refractivity contribution is -0.384. The number of ether oxygens (including phenoxy) is 1. The molecule has 1 N–H and O–H groups in total. The number of hydrogen-bond donors (Lipinski definition) is 1. The molecule has 18 heavy (non-hydrogen) atoms. The molecule has 1 rings (SSSR count). The zero-order valence-electron chi connectivity index (χ0n) is 10.6. The van der Waals surface area contributed by atoms with Crippen LogP contribution >= 0.6 is 0 Å². The molecule has 0 spiro atoms. The number of nitro benzene ring substituents is 1. The molecule has 0 heterocycles. The summed E-state index contributed by atoms with van der Waals surface area (Å²) in [6.07, 6.45) is 0.122. The molecule has 6 nitrogen and oxygen atoms in total. The lowest BCUT2D eigenvalue weighted by Crippen LogP contribution is -2.29. The Balaban J connectivity index is 2.63. The van der Waals surface area contributed by atoms with E-state index in [0.29, 0.717) is 12.1 Å². The Labute approximate surface area is 105 Å². The molecule has 1 aromatic rings. The van der Waals surface area contributed by atoms with Gasteiger partial charge in [-0.2, -0.15) is 0 Å². The SMILES string of the molecule is CCC(C)(C)OC(=O)Nc1ccc([N+](=O)[O-])cc1. The number of benzene rings is 1. The minimum atomic E-state index is -0.573. The molecule has 0 saturated carbocycles. The summed E-state index contributed by atoms with van der Waals surface area (Å²) in [5.41, 5.74) is -0.106. The largest absolute Gasteiger partial charge is 0.443 e. The predicted octanol–water partition coefficient (Wildman–Crippen LogP) is 3.33. The third-order valence-electron chi connectivity index (χ3n) is 2.54. The van der Waals surface area contributed by atoms with E-state index >= 15 is 0 Å². The van der Waals surface area contributed by atoms with Crippen molar-refractivity contribution in [2.45, 2.75) is 32.8 Å². The second-order valence-electron chi connectivity index (χ2n) is 4.43. The summed E-state index contributed by atoms with van der Waals surface area (Å²) in [5, 5.41) is 13.0.